The SMILES string of the molecule is Cc1nc(Nc2cc(Cl)ccc2C)cc(NC(C)c2ccccc2)n1. The molecule has 0 spiro atoms. The van der Waals surface area contributed by atoms with E-state index in [9.17, 15) is 0 Å². The van der Waals surface area contributed by atoms with Gasteiger partial charge >= 0.3 is 0 Å². The summed E-state index contributed by atoms with van der Waals surface area (Å²) in [6.45, 7) is 6.03. The third-order valence-corrected chi connectivity index (χ3v) is 4.20. The first-order valence-electron chi connectivity index (χ1n) is 8.21. The van der Waals surface area contributed by atoms with E-state index in [0.29, 0.717) is 10.8 Å². The Kier molecular flexibility index (Phi) is 5.19. The lowest BCUT2D eigenvalue weighted by Gasteiger charge is -2.16. The van der Waals surface area contributed by atoms with E-state index < -0.39 is 0 Å². The van der Waals surface area contributed by atoms with Gasteiger partial charge in [-0.05, 0) is 44.0 Å². The number of aryl methyl sites for hydroxylation is 2. The minimum absolute atomic E-state index is 0.149. The number of hydrogen-bond donors (Lipinski definition) is 2. The minimum Gasteiger partial charge on any atom is -0.363 e. The molecular formula is C20H21ClN4. The molecule has 0 saturated heterocycles. The van der Waals surface area contributed by atoms with E-state index in [-0.39, 0.29) is 6.04 Å². The first-order valence-corrected chi connectivity index (χ1v) is 8.59. The van der Waals surface area contributed by atoms with E-state index in [1.807, 2.05) is 56.3 Å². The molecule has 1 atom stereocenters. The topological polar surface area (TPSA) is 49.8 Å². The summed E-state index contributed by atoms with van der Waals surface area (Å²) in [7, 11) is 0. The predicted octanol–water partition coefficient (Wildman–Crippen LogP) is 5.66. The monoisotopic (exact) mass is 352 g/mol. The fourth-order valence-corrected chi connectivity index (χ4v) is 2.79. The van der Waals surface area contributed by atoms with Crippen molar-refractivity contribution in [2.45, 2.75) is 26.8 Å². The molecule has 1 unspecified atom stereocenters. The summed E-state index contributed by atoms with van der Waals surface area (Å²) < 4.78 is 0. The summed E-state index contributed by atoms with van der Waals surface area (Å²) in [5.74, 6) is 2.22. The van der Waals surface area contributed by atoms with Gasteiger partial charge in [-0.1, -0.05) is 48.0 Å². The maximum absolute atomic E-state index is 6.10. The van der Waals surface area contributed by atoms with Crippen molar-refractivity contribution in [3.8, 4) is 0 Å². The maximum atomic E-state index is 6.10. The van der Waals surface area contributed by atoms with E-state index in [0.717, 1.165) is 22.9 Å². The average molecular weight is 353 g/mol. The van der Waals surface area contributed by atoms with E-state index in [2.05, 4.69) is 39.7 Å². The number of halogens is 1. The van der Waals surface area contributed by atoms with Crippen molar-refractivity contribution in [3.63, 3.8) is 0 Å². The molecule has 0 saturated carbocycles. The predicted molar refractivity (Wildman–Crippen MR) is 105 cm³/mol. The molecule has 1 heterocycles. The number of benzene rings is 2. The largest absolute Gasteiger partial charge is 0.363 e. The Morgan fingerprint density at radius 1 is 0.920 bits per heavy atom. The standard InChI is InChI=1S/C20H21ClN4/c1-13-9-10-17(21)11-18(13)25-20-12-19(23-15(3)24-20)22-14(2)16-7-5-4-6-8-16/h4-12,14H,1-3H3,(H2,22,23,24,25). The van der Waals surface area contributed by atoms with Crippen LogP contribution in [0, 0.1) is 13.8 Å². The molecule has 3 rings (SSSR count). The number of nitrogens with zero attached hydrogens (tertiary/aromatic N) is 2. The van der Waals surface area contributed by atoms with Gasteiger partial charge in [0.25, 0.3) is 0 Å². The molecule has 2 N–H and O–H groups in total. The number of rotatable bonds is 5. The highest BCUT2D eigenvalue weighted by Crippen LogP contribution is 2.25. The molecule has 0 aliphatic rings. The summed E-state index contributed by atoms with van der Waals surface area (Å²) in [5, 5.41) is 7.46. The van der Waals surface area contributed by atoms with Crippen molar-refractivity contribution in [2.75, 3.05) is 10.6 Å². The maximum Gasteiger partial charge on any atom is 0.136 e. The summed E-state index contributed by atoms with van der Waals surface area (Å²) in [6.07, 6.45) is 0. The average Bonchev–Trinajstić information content (AvgIpc) is 2.58. The summed E-state index contributed by atoms with van der Waals surface area (Å²) in [5.41, 5.74) is 3.25. The molecule has 0 radical (unpaired) electrons. The fraction of sp³-hybridized carbons (Fsp3) is 0.200. The zero-order valence-electron chi connectivity index (χ0n) is 14.5. The van der Waals surface area contributed by atoms with Crippen LogP contribution < -0.4 is 10.6 Å². The van der Waals surface area contributed by atoms with Gasteiger partial charge in [0.15, 0.2) is 0 Å². The van der Waals surface area contributed by atoms with Crippen LogP contribution in [-0.2, 0) is 0 Å². The second-order valence-corrected chi connectivity index (χ2v) is 6.48. The molecule has 0 bridgehead atoms. The normalized spacial score (nSPS) is 11.8. The molecule has 25 heavy (non-hydrogen) atoms. The second kappa shape index (κ2) is 7.53. The number of aromatic nitrogens is 2. The zero-order chi connectivity index (χ0) is 17.8. The molecule has 5 heteroatoms. The Morgan fingerprint density at radius 2 is 1.64 bits per heavy atom. The summed E-state index contributed by atoms with van der Waals surface area (Å²) in [6, 6.07) is 18.1. The van der Waals surface area contributed by atoms with Crippen LogP contribution in [-0.4, -0.2) is 9.97 Å². The Morgan fingerprint density at radius 3 is 2.40 bits per heavy atom. The highest BCUT2D eigenvalue weighted by atomic mass is 35.5. The van der Waals surface area contributed by atoms with Crippen molar-refractivity contribution in [2.24, 2.45) is 0 Å². The van der Waals surface area contributed by atoms with Crippen LogP contribution in [0.3, 0.4) is 0 Å². The highest BCUT2D eigenvalue weighted by Gasteiger charge is 2.09. The lowest BCUT2D eigenvalue weighted by Crippen LogP contribution is -2.09. The molecule has 0 amide bonds. The molecule has 0 fully saturated rings. The second-order valence-electron chi connectivity index (χ2n) is 6.05. The van der Waals surface area contributed by atoms with Crippen molar-refractivity contribution in [3.05, 3.63) is 76.6 Å². The molecule has 2 aromatic carbocycles. The molecule has 4 nitrogen and oxygen atoms in total. The van der Waals surface area contributed by atoms with Crippen LogP contribution in [0.4, 0.5) is 17.3 Å². The van der Waals surface area contributed by atoms with Crippen molar-refractivity contribution < 1.29 is 0 Å². The van der Waals surface area contributed by atoms with Gasteiger partial charge in [-0.3, -0.25) is 0 Å². The van der Waals surface area contributed by atoms with Gasteiger partial charge in [-0.2, -0.15) is 0 Å². The van der Waals surface area contributed by atoms with Crippen LogP contribution in [0.5, 0.6) is 0 Å². The van der Waals surface area contributed by atoms with Crippen molar-refractivity contribution in [1.82, 2.24) is 9.97 Å². The number of hydrogen-bond acceptors (Lipinski definition) is 4. The van der Waals surface area contributed by atoms with Gasteiger partial charge in [-0.15, -0.1) is 0 Å². The Balaban J connectivity index is 1.82. The van der Waals surface area contributed by atoms with Crippen LogP contribution >= 0.6 is 11.6 Å². The van der Waals surface area contributed by atoms with Gasteiger partial charge in [0.05, 0.1) is 0 Å². The minimum atomic E-state index is 0.149. The molecule has 128 valence electrons. The van der Waals surface area contributed by atoms with Gasteiger partial charge in [0.1, 0.15) is 17.5 Å². The van der Waals surface area contributed by atoms with Crippen LogP contribution in [0.1, 0.15) is 29.9 Å². The fourth-order valence-electron chi connectivity index (χ4n) is 2.62. The van der Waals surface area contributed by atoms with Gasteiger partial charge < -0.3 is 10.6 Å². The van der Waals surface area contributed by atoms with E-state index >= 15 is 0 Å². The first kappa shape index (κ1) is 17.2. The lowest BCUT2D eigenvalue weighted by atomic mass is 10.1. The van der Waals surface area contributed by atoms with Crippen LogP contribution in [0.25, 0.3) is 0 Å². The van der Waals surface area contributed by atoms with Crippen molar-refractivity contribution in [1.29, 1.82) is 0 Å². The number of nitrogens with one attached hydrogen (secondary N) is 2. The third-order valence-electron chi connectivity index (χ3n) is 3.96. The Labute approximate surface area is 153 Å². The summed E-state index contributed by atoms with van der Waals surface area (Å²) >= 11 is 6.10. The summed E-state index contributed by atoms with van der Waals surface area (Å²) in [4.78, 5) is 8.97. The third kappa shape index (κ3) is 4.48. The number of anilines is 3. The molecular weight excluding hydrogens is 332 g/mol. The molecule has 0 aliphatic carbocycles. The molecule has 0 aliphatic heterocycles. The quantitative estimate of drug-likeness (QED) is 0.621. The Hall–Kier alpha value is -2.59. The van der Waals surface area contributed by atoms with Gasteiger partial charge in [-0.25, -0.2) is 9.97 Å². The van der Waals surface area contributed by atoms with Crippen LogP contribution in [0.15, 0.2) is 54.6 Å². The smallest absolute Gasteiger partial charge is 0.136 e. The van der Waals surface area contributed by atoms with E-state index in [1.165, 1.54) is 5.56 Å². The molecule has 3 aromatic rings. The van der Waals surface area contributed by atoms with E-state index in [4.69, 9.17) is 11.6 Å². The van der Waals surface area contributed by atoms with Gasteiger partial charge in [0, 0.05) is 22.8 Å². The van der Waals surface area contributed by atoms with E-state index in [1.54, 1.807) is 0 Å². The van der Waals surface area contributed by atoms with Crippen LogP contribution in [0.2, 0.25) is 5.02 Å². The first-order chi connectivity index (χ1) is 12.0. The lowest BCUT2D eigenvalue weighted by molar-refractivity contribution is 0.867. The van der Waals surface area contributed by atoms with Gasteiger partial charge in [0.2, 0.25) is 0 Å². The zero-order valence-corrected chi connectivity index (χ0v) is 15.3. The molecule has 1 aromatic heterocycles. The highest BCUT2D eigenvalue weighted by molar-refractivity contribution is 6.30. The van der Waals surface area contributed by atoms with Crippen molar-refractivity contribution >= 4 is 28.9 Å². The Bertz CT molecular complexity index is 865.